The maximum atomic E-state index is 13.0. The van der Waals surface area contributed by atoms with E-state index in [1.54, 1.807) is 23.3 Å². The summed E-state index contributed by atoms with van der Waals surface area (Å²) >= 11 is 1.53. The first-order valence-corrected chi connectivity index (χ1v) is 12.3. The van der Waals surface area contributed by atoms with Gasteiger partial charge in [-0.25, -0.2) is 15.0 Å². The molecule has 0 aliphatic heterocycles. The second-order valence-corrected chi connectivity index (χ2v) is 10.9. The summed E-state index contributed by atoms with van der Waals surface area (Å²) in [5.74, 6) is 0.982. The molecule has 0 saturated heterocycles. The minimum Gasteiger partial charge on any atom is -0.321 e. The Bertz CT molecular complexity index is 1350. The van der Waals surface area contributed by atoms with Gasteiger partial charge in [0.05, 0.1) is 27.5 Å². The molecule has 8 heteroatoms. The van der Waals surface area contributed by atoms with Gasteiger partial charge in [0.1, 0.15) is 0 Å². The third-order valence-corrected chi connectivity index (χ3v) is 7.58. The number of anilines is 2. The molecule has 1 N–H and O–H groups in total. The highest BCUT2D eigenvalue weighted by Crippen LogP contribution is 2.39. The van der Waals surface area contributed by atoms with E-state index < -0.39 is 0 Å². The number of hydrogen-bond acceptors (Lipinski definition) is 7. The quantitative estimate of drug-likeness (QED) is 0.364. The van der Waals surface area contributed by atoms with Gasteiger partial charge in [-0.1, -0.05) is 32.9 Å². The second-order valence-electron chi connectivity index (χ2n) is 9.85. The fraction of sp³-hybridized carbons (Fsp3) is 0.346. The Morgan fingerprint density at radius 3 is 2.79 bits per heavy atom. The lowest BCUT2D eigenvalue weighted by atomic mass is 9.94. The van der Waals surface area contributed by atoms with Crippen LogP contribution in [0.1, 0.15) is 65.3 Å². The molecule has 0 amide bonds. The van der Waals surface area contributed by atoms with E-state index >= 15 is 0 Å². The normalized spacial score (nSPS) is 15.4. The molecule has 34 heavy (non-hydrogen) atoms. The number of rotatable bonds is 6. The van der Waals surface area contributed by atoms with Gasteiger partial charge in [-0.3, -0.25) is 9.48 Å². The molecule has 0 saturated carbocycles. The smallest absolute Gasteiger partial charge is 0.227 e. The lowest BCUT2D eigenvalue weighted by Crippen LogP contribution is -2.09. The van der Waals surface area contributed by atoms with Crippen molar-refractivity contribution in [2.45, 2.75) is 51.4 Å². The zero-order valence-corrected chi connectivity index (χ0v) is 20.7. The highest BCUT2D eigenvalue weighted by Gasteiger charge is 2.27. The van der Waals surface area contributed by atoms with Crippen LogP contribution in [0.15, 0.2) is 49.1 Å². The van der Waals surface area contributed by atoms with Gasteiger partial charge in [-0.15, -0.1) is 11.3 Å². The third-order valence-electron chi connectivity index (χ3n) is 6.11. The van der Waals surface area contributed by atoms with Crippen LogP contribution in [0.2, 0.25) is 0 Å². The van der Waals surface area contributed by atoms with E-state index in [1.807, 2.05) is 19.3 Å². The molecule has 1 aromatic carbocycles. The largest absolute Gasteiger partial charge is 0.321 e. The molecule has 0 fully saturated rings. The van der Waals surface area contributed by atoms with Gasteiger partial charge in [0.15, 0.2) is 5.78 Å². The summed E-state index contributed by atoms with van der Waals surface area (Å²) in [6, 6.07) is 8.39. The van der Waals surface area contributed by atoms with Crippen LogP contribution >= 0.6 is 11.3 Å². The summed E-state index contributed by atoms with van der Waals surface area (Å²) in [7, 11) is 1.87. The highest BCUT2D eigenvalue weighted by atomic mass is 32.1. The molecule has 3 heterocycles. The number of thiazole rings is 1. The van der Waals surface area contributed by atoms with Crippen LogP contribution in [0.4, 0.5) is 11.6 Å². The number of nitrogens with one attached hydrogen (secondary N) is 1. The first kappa shape index (κ1) is 22.4. The Labute approximate surface area is 203 Å². The van der Waals surface area contributed by atoms with Crippen LogP contribution in [-0.4, -0.2) is 30.5 Å². The van der Waals surface area contributed by atoms with E-state index in [9.17, 15) is 4.79 Å². The molecule has 5 rings (SSSR count). The van der Waals surface area contributed by atoms with Gasteiger partial charge in [-0.05, 0) is 42.0 Å². The topological polar surface area (TPSA) is 85.6 Å². The summed E-state index contributed by atoms with van der Waals surface area (Å²) < 4.78 is 1.73. The van der Waals surface area contributed by atoms with Gasteiger partial charge >= 0.3 is 0 Å². The van der Waals surface area contributed by atoms with Crippen molar-refractivity contribution in [2.24, 2.45) is 7.05 Å². The van der Waals surface area contributed by atoms with Gasteiger partial charge < -0.3 is 5.32 Å². The molecule has 4 aromatic rings. The third kappa shape index (κ3) is 4.63. The summed E-state index contributed by atoms with van der Waals surface area (Å²) in [6.07, 6.45) is 9.63. The predicted molar refractivity (Wildman–Crippen MR) is 135 cm³/mol. The van der Waals surface area contributed by atoms with E-state index in [2.05, 4.69) is 64.3 Å². The molecule has 0 radical (unpaired) electrons. The van der Waals surface area contributed by atoms with Crippen LogP contribution in [-0.2, 0) is 18.9 Å². The van der Waals surface area contributed by atoms with E-state index in [-0.39, 0.29) is 17.1 Å². The summed E-state index contributed by atoms with van der Waals surface area (Å²) in [6.45, 7) is 6.38. The Kier molecular flexibility index (Phi) is 5.77. The van der Waals surface area contributed by atoms with Gasteiger partial charge in [-0.2, -0.15) is 5.10 Å². The number of ketones is 1. The summed E-state index contributed by atoms with van der Waals surface area (Å²) in [5, 5.41) is 8.37. The summed E-state index contributed by atoms with van der Waals surface area (Å²) in [4.78, 5) is 27.2. The number of aryl methyl sites for hydroxylation is 2. The average molecular weight is 473 g/mol. The molecule has 1 unspecified atom stereocenters. The van der Waals surface area contributed by atoms with Crippen molar-refractivity contribution in [3.05, 3.63) is 70.1 Å². The number of benzene rings is 1. The number of carbonyl (C=O) groups excluding carboxylic acids is 1. The Hall–Kier alpha value is -3.39. The van der Waals surface area contributed by atoms with Crippen molar-refractivity contribution in [1.29, 1.82) is 0 Å². The lowest BCUT2D eigenvalue weighted by Gasteiger charge is -2.13. The number of carbonyl (C=O) groups is 1. The SMILES string of the molecule is Cn1cc(Nc2nccc(-c3ccc4c(c3)CCC4CC(=O)c3cnc(C(C)(C)C)s3)n2)cn1. The average Bonchev–Trinajstić information content (AvgIpc) is 3.54. The number of hydrogen-bond donors (Lipinski definition) is 1. The Morgan fingerprint density at radius 1 is 1.21 bits per heavy atom. The van der Waals surface area contributed by atoms with Crippen LogP contribution in [0.3, 0.4) is 0 Å². The standard InChI is InChI=1S/C26H28N6OS/c1-26(2,3)24-28-14-23(34-24)22(33)12-17-6-5-16-11-18(7-8-20(16)17)21-9-10-27-25(31-21)30-19-13-29-32(4)15-19/h7-11,13-15,17H,5-6,12H2,1-4H3,(H,27,30,31). The number of fused-ring (bicyclic) bond motifs is 1. The van der Waals surface area contributed by atoms with Crippen LogP contribution in [0.5, 0.6) is 0 Å². The zero-order chi connectivity index (χ0) is 23.9. The summed E-state index contributed by atoms with van der Waals surface area (Å²) in [5.41, 5.74) is 5.31. The molecule has 174 valence electrons. The molecule has 0 spiro atoms. The van der Waals surface area contributed by atoms with Crippen molar-refractivity contribution in [2.75, 3.05) is 5.32 Å². The van der Waals surface area contributed by atoms with Gasteiger partial charge in [0, 0.05) is 43.0 Å². The maximum Gasteiger partial charge on any atom is 0.227 e. The number of Topliss-reactive ketones (excluding diaryl/α,β-unsaturated/α-hetero) is 1. The molecule has 7 nitrogen and oxygen atoms in total. The maximum absolute atomic E-state index is 13.0. The van der Waals surface area contributed by atoms with Crippen molar-refractivity contribution in [3.8, 4) is 11.3 Å². The van der Waals surface area contributed by atoms with E-state index in [0.717, 1.165) is 39.7 Å². The molecular formula is C26H28N6OS. The number of nitrogens with zero attached hydrogens (tertiary/aromatic N) is 5. The minimum absolute atomic E-state index is 0.0338. The van der Waals surface area contributed by atoms with Gasteiger partial charge in [0.2, 0.25) is 5.95 Å². The first-order chi connectivity index (χ1) is 16.3. The van der Waals surface area contributed by atoms with E-state index in [4.69, 9.17) is 0 Å². The fourth-order valence-electron chi connectivity index (χ4n) is 4.35. The molecule has 1 aliphatic rings. The van der Waals surface area contributed by atoms with Gasteiger partial charge in [0.25, 0.3) is 0 Å². The molecule has 1 atom stereocenters. The molecule has 1 aliphatic carbocycles. The predicted octanol–water partition coefficient (Wildman–Crippen LogP) is 5.68. The van der Waals surface area contributed by atoms with Crippen molar-refractivity contribution in [1.82, 2.24) is 24.7 Å². The number of aromatic nitrogens is 5. The Balaban J connectivity index is 1.31. The lowest BCUT2D eigenvalue weighted by molar-refractivity contribution is 0.0977. The van der Waals surface area contributed by atoms with Crippen LogP contribution in [0.25, 0.3) is 11.3 Å². The van der Waals surface area contributed by atoms with Crippen molar-refractivity contribution >= 4 is 28.8 Å². The van der Waals surface area contributed by atoms with Crippen molar-refractivity contribution < 1.29 is 4.79 Å². The van der Waals surface area contributed by atoms with Crippen molar-refractivity contribution in [3.63, 3.8) is 0 Å². The minimum atomic E-state index is -0.0338. The van der Waals surface area contributed by atoms with E-state index in [0.29, 0.717) is 12.4 Å². The highest BCUT2D eigenvalue weighted by molar-refractivity contribution is 7.13. The van der Waals surface area contributed by atoms with Crippen LogP contribution in [0, 0.1) is 0 Å². The Morgan fingerprint density at radius 2 is 2.06 bits per heavy atom. The monoisotopic (exact) mass is 472 g/mol. The molecular weight excluding hydrogens is 444 g/mol. The van der Waals surface area contributed by atoms with Crippen LogP contribution < -0.4 is 5.32 Å². The fourth-order valence-corrected chi connectivity index (χ4v) is 5.27. The first-order valence-electron chi connectivity index (χ1n) is 11.5. The second kappa shape index (κ2) is 8.76. The zero-order valence-electron chi connectivity index (χ0n) is 19.9. The molecule has 0 bridgehead atoms. The van der Waals surface area contributed by atoms with E-state index in [1.165, 1.54) is 22.5 Å². The molecule has 3 aromatic heterocycles.